The molecule has 0 aromatic carbocycles. The lowest BCUT2D eigenvalue weighted by molar-refractivity contribution is -0.142. The highest BCUT2D eigenvalue weighted by molar-refractivity contribution is 5.75. The average Bonchev–Trinajstić information content (AvgIpc) is 2.84. The largest absolute Gasteiger partial charge is 0.481 e. The van der Waals surface area contributed by atoms with Crippen molar-refractivity contribution in [3.63, 3.8) is 0 Å². The number of carboxylic acid groups (broad SMARTS) is 1. The number of amides is 2. The van der Waals surface area contributed by atoms with E-state index in [4.69, 9.17) is 9.52 Å². The van der Waals surface area contributed by atoms with Crippen molar-refractivity contribution >= 4 is 12.0 Å². The quantitative estimate of drug-likeness (QED) is 0.879. The summed E-state index contributed by atoms with van der Waals surface area (Å²) in [6.45, 7) is 1.31. The number of hydrogen-bond acceptors (Lipinski definition) is 3. The maximum Gasteiger partial charge on any atom is 0.317 e. The van der Waals surface area contributed by atoms with Gasteiger partial charge in [-0.05, 0) is 38.2 Å². The van der Waals surface area contributed by atoms with Crippen LogP contribution in [0, 0.1) is 5.92 Å². The molecule has 0 unspecified atom stereocenters. The van der Waals surface area contributed by atoms with E-state index >= 15 is 0 Å². The first-order chi connectivity index (χ1) is 10.6. The Bertz CT molecular complexity index is 546. The van der Waals surface area contributed by atoms with E-state index in [0.29, 0.717) is 19.4 Å². The summed E-state index contributed by atoms with van der Waals surface area (Å²) in [7, 11) is 0. The number of furan rings is 1. The van der Waals surface area contributed by atoms with Crippen molar-refractivity contribution in [1.29, 1.82) is 0 Å². The Morgan fingerprint density at radius 2 is 2.05 bits per heavy atom. The minimum atomic E-state index is -0.718. The third-order valence-electron chi connectivity index (χ3n) is 4.72. The zero-order valence-corrected chi connectivity index (χ0v) is 12.6. The van der Waals surface area contributed by atoms with Crippen molar-refractivity contribution in [3.05, 3.63) is 23.7 Å². The normalized spacial score (nSPS) is 25.2. The number of nitrogens with zero attached hydrogens (tertiary/aromatic N) is 1. The number of carboxylic acids is 1. The van der Waals surface area contributed by atoms with Crippen molar-refractivity contribution < 1.29 is 19.1 Å². The van der Waals surface area contributed by atoms with Gasteiger partial charge in [0.1, 0.15) is 5.76 Å². The van der Waals surface area contributed by atoms with Gasteiger partial charge in [0.15, 0.2) is 0 Å². The summed E-state index contributed by atoms with van der Waals surface area (Å²) in [5, 5.41) is 12.1. The van der Waals surface area contributed by atoms with Crippen LogP contribution in [-0.2, 0) is 17.8 Å². The van der Waals surface area contributed by atoms with Crippen molar-refractivity contribution in [2.45, 2.75) is 51.1 Å². The maximum atomic E-state index is 12.4. The third-order valence-corrected chi connectivity index (χ3v) is 4.72. The van der Waals surface area contributed by atoms with E-state index in [-0.39, 0.29) is 18.0 Å². The van der Waals surface area contributed by atoms with Gasteiger partial charge in [0.25, 0.3) is 0 Å². The van der Waals surface area contributed by atoms with Gasteiger partial charge in [0.05, 0.1) is 18.7 Å². The molecule has 0 saturated heterocycles. The minimum absolute atomic E-state index is 0.0483. The Morgan fingerprint density at radius 3 is 2.77 bits per heavy atom. The molecule has 1 aromatic rings. The second-order valence-electron chi connectivity index (χ2n) is 6.23. The van der Waals surface area contributed by atoms with E-state index in [9.17, 15) is 9.59 Å². The second-order valence-corrected chi connectivity index (χ2v) is 6.23. The molecule has 2 aliphatic rings. The van der Waals surface area contributed by atoms with Crippen LogP contribution >= 0.6 is 0 Å². The number of rotatable bonds is 2. The molecule has 1 saturated carbocycles. The minimum Gasteiger partial charge on any atom is -0.481 e. The zero-order valence-electron chi connectivity index (χ0n) is 12.6. The second kappa shape index (κ2) is 6.42. The number of carbonyl (C=O) groups excluding carboxylic acids is 1. The summed E-state index contributed by atoms with van der Waals surface area (Å²) < 4.78 is 5.43. The van der Waals surface area contributed by atoms with Gasteiger partial charge >= 0.3 is 12.0 Å². The van der Waals surface area contributed by atoms with Crippen LogP contribution in [0.2, 0.25) is 0 Å². The van der Waals surface area contributed by atoms with E-state index in [2.05, 4.69) is 5.32 Å². The summed E-state index contributed by atoms with van der Waals surface area (Å²) >= 11 is 0. The van der Waals surface area contributed by atoms with Crippen molar-refractivity contribution in [2.24, 2.45) is 5.92 Å². The van der Waals surface area contributed by atoms with E-state index in [1.54, 1.807) is 6.26 Å². The molecule has 6 heteroatoms. The summed E-state index contributed by atoms with van der Waals surface area (Å²) in [6, 6.07) is 1.97. The summed E-state index contributed by atoms with van der Waals surface area (Å²) in [5.41, 5.74) is 1.09. The summed E-state index contributed by atoms with van der Waals surface area (Å²) in [6.07, 6.45) is 6.23. The van der Waals surface area contributed by atoms with E-state index in [0.717, 1.165) is 43.6 Å². The molecule has 0 spiro atoms. The van der Waals surface area contributed by atoms with Gasteiger partial charge < -0.3 is 19.7 Å². The maximum absolute atomic E-state index is 12.4. The molecule has 6 nitrogen and oxygen atoms in total. The molecule has 2 heterocycles. The van der Waals surface area contributed by atoms with Gasteiger partial charge in [0.2, 0.25) is 0 Å². The summed E-state index contributed by atoms with van der Waals surface area (Å²) in [4.78, 5) is 25.2. The number of hydrogen-bond donors (Lipinski definition) is 2. The molecule has 1 aromatic heterocycles. The lowest BCUT2D eigenvalue weighted by Gasteiger charge is -2.29. The molecule has 0 atom stereocenters. The van der Waals surface area contributed by atoms with Gasteiger partial charge in [0, 0.05) is 24.6 Å². The van der Waals surface area contributed by atoms with Crippen LogP contribution in [-0.4, -0.2) is 34.6 Å². The molecule has 0 bridgehead atoms. The molecule has 1 fully saturated rings. The van der Waals surface area contributed by atoms with Gasteiger partial charge in [-0.3, -0.25) is 4.79 Å². The predicted molar refractivity (Wildman–Crippen MR) is 79.4 cm³/mol. The van der Waals surface area contributed by atoms with E-state index < -0.39 is 5.97 Å². The Labute approximate surface area is 129 Å². The van der Waals surface area contributed by atoms with Crippen molar-refractivity contribution in [2.75, 3.05) is 6.54 Å². The molecule has 0 radical (unpaired) electrons. The molecule has 1 aliphatic carbocycles. The smallest absolute Gasteiger partial charge is 0.317 e. The van der Waals surface area contributed by atoms with E-state index in [1.165, 1.54) is 0 Å². The number of aliphatic carboxylic acids is 1. The lowest BCUT2D eigenvalue weighted by atomic mass is 9.86. The molecule has 120 valence electrons. The number of fused-ring (bicyclic) bond motifs is 1. The Hall–Kier alpha value is -1.98. The first-order valence-corrected chi connectivity index (χ1v) is 7.97. The molecule has 2 amide bonds. The molecule has 2 N–H and O–H groups in total. The van der Waals surface area contributed by atoms with E-state index in [1.807, 2.05) is 11.0 Å². The van der Waals surface area contributed by atoms with Crippen LogP contribution in [0.3, 0.4) is 0 Å². The van der Waals surface area contributed by atoms with Crippen LogP contribution in [0.5, 0.6) is 0 Å². The molecular formula is C16H22N2O4. The average molecular weight is 306 g/mol. The molecule has 22 heavy (non-hydrogen) atoms. The first-order valence-electron chi connectivity index (χ1n) is 7.97. The Balaban J connectivity index is 1.53. The third kappa shape index (κ3) is 3.26. The number of nitrogens with one attached hydrogen (secondary N) is 1. The highest BCUT2D eigenvalue weighted by atomic mass is 16.4. The number of aryl methyl sites for hydroxylation is 1. The Morgan fingerprint density at radius 1 is 1.27 bits per heavy atom. The van der Waals surface area contributed by atoms with Gasteiger partial charge in [-0.2, -0.15) is 0 Å². The molecule has 3 rings (SSSR count). The monoisotopic (exact) mass is 306 g/mol. The predicted octanol–water partition coefficient (Wildman–Crippen LogP) is 2.38. The Kier molecular flexibility index (Phi) is 4.36. The van der Waals surface area contributed by atoms with Crippen LogP contribution in [0.25, 0.3) is 0 Å². The van der Waals surface area contributed by atoms with Gasteiger partial charge in [-0.25, -0.2) is 4.79 Å². The van der Waals surface area contributed by atoms with Crippen molar-refractivity contribution in [1.82, 2.24) is 10.2 Å². The fraction of sp³-hybridized carbons (Fsp3) is 0.625. The molecular weight excluding hydrogens is 284 g/mol. The zero-order chi connectivity index (χ0) is 15.5. The fourth-order valence-electron chi connectivity index (χ4n) is 3.37. The van der Waals surface area contributed by atoms with Gasteiger partial charge in [-0.15, -0.1) is 0 Å². The summed E-state index contributed by atoms with van der Waals surface area (Å²) in [5.74, 6) is 0.0156. The topological polar surface area (TPSA) is 82.8 Å². The highest BCUT2D eigenvalue weighted by Crippen LogP contribution is 2.25. The molecule has 1 aliphatic heterocycles. The van der Waals surface area contributed by atoms with Crippen LogP contribution in [0.1, 0.15) is 43.4 Å². The SMILES string of the molecule is O=C(O)C1CCC(NC(=O)N2CCCc3occc3C2)CC1. The number of carbonyl (C=O) groups is 2. The van der Waals surface area contributed by atoms with Crippen molar-refractivity contribution in [3.8, 4) is 0 Å². The highest BCUT2D eigenvalue weighted by Gasteiger charge is 2.28. The fourth-order valence-corrected chi connectivity index (χ4v) is 3.37. The standard InChI is InChI=1S/C16H22N2O4/c19-15(20)11-3-5-13(6-4-11)17-16(21)18-8-1-2-14-12(10-18)7-9-22-14/h7,9,11,13H,1-6,8,10H2,(H,17,21)(H,19,20). The lowest BCUT2D eigenvalue weighted by Crippen LogP contribution is -2.46. The van der Waals surface area contributed by atoms with Crippen LogP contribution < -0.4 is 5.32 Å². The first kappa shape index (κ1) is 14.9. The number of urea groups is 1. The van der Waals surface area contributed by atoms with Gasteiger partial charge in [-0.1, -0.05) is 0 Å². The van der Waals surface area contributed by atoms with Crippen LogP contribution in [0.4, 0.5) is 4.79 Å². The van der Waals surface area contributed by atoms with Crippen LogP contribution in [0.15, 0.2) is 16.7 Å².